The minimum absolute atomic E-state index is 0.0394. The molecule has 162 valence electrons. The number of esters is 1. The number of carbonyl (C=O) groups excluding carboxylic acids is 3. The first kappa shape index (κ1) is 20.5. The van der Waals surface area contributed by atoms with E-state index in [1.165, 1.54) is 0 Å². The van der Waals surface area contributed by atoms with Crippen LogP contribution in [0.2, 0.25) is 0 Å². The van der Waals surface area contributed by atoms with Gasteiger partial charge in [0.15, 0.2) is 35.4 Å². The van der Waals surface area contributed by atoms with Gasteiger partial charge in [0.05, 0.1) is 6.42 Å². The lowest BCUT2D eigenvalue weighted by molar-refractivity contribution is -0.147. The summed E-state index contributed by atoms with van der Waals surface area (Å²) in [5.41, 5.74) is 0.924. The predicted octanol–water partition coefficient (Wildman–Crippen LogP) is 2.37. The van der Waals surface area contributed by atoms with Crippen molar-refractivity contribution in [3.05, 3.63) is 42.0 Å². The zero-order chi connectivity index (χ0) is 21.6. The van der Waals surface area contributed by atoms with Crippen molar-refractivity contribution in [3.8, 4) is 23.0 Å². The highest BCUT2D eigenvalue weighted by atomic mass is 16.6. The van der Waals surface area contributed by atoms with Crippen molar-refractivity contribution >= 4 is 23.3 Å². The zero-order valence-corrected chi connectivity index (χ0v) is 16.7. The second-order valence-electron chi connectivity index (χ2n) is 6.85. The van der Waals surface area contributed by atoms with E-state index in [0.717, 1.165) is 0 Å². The van der Waals surface area contributed by atoms with E-state index in [4.69, 9.17) is 23.7 Å². The molecule has 2 aromatic rings. The normalized spacial score (nSPS) is 13.8. The number of carbonyl (C=O) groups is 3. The SMILES string of the molecule is O=C(COC(=O)CCC(=O)c1ccc2c(c1)OCCO2)Nc1ccc2c(c1)OCCO2. The molecule has 2 aromatic carbocycles. The van der Waals surface area contributed by atoms with Gasteiger partial charge in [-0.15, -0.1) is 0 Å². The van der Waals surface area contributed by atoms with Crippen molar-refractivity contribution in [1.82, 2.24) is 0 Å². The molecule has 31 heavy (non-hydrogen) atoms. The Morgan fingerprint density at radius 2 is 1.39 bits per heavy atom. The maximum atomic E-state index is 12.3. The second-order valence-corrected chi connectivity index (χ2v) is 6.85. The van der Waals surface area contributed by atoms with Gasteiger partial charge in [0, 0.05) is 23.7 Å². The molecule has 0 bridgehead atoms. The van der Waals surface area contributed by atoms with Gasteiger partial charge in [-0.2, -0.15) is 0 Å². The van der Waals surface area contributed by atoms with Crippen molar-refractivity contribution in [2.75, 3.05) is 38.4 Å². The predicted molar refractivity (Wildman–Crippen MR) is 108 cm³/mol. The minimum Gasteiger partial charge on any atom is -0.486 e. The van der Waals surface area contributed by atoms with Crippen molar-refractivity contribution in [3.63, 3.8) is 0 Å². The minimum atomic E-state index is -0.636. The molecule has 0 saturated carbocycles. The van der Waals surface area contributed by atoms with Gasteiger partial charge >= 0.3 is 5.97 Å². The molecule has 4 rings (SSSR count). The number of rotatable bonds is 7. The number of amides is 1. The third-order valence-corrected chi connectivity index (χ3v) is 4.61. The lowest BCUT2D eigenvalue weighted by atomic mass is 10.1. The molecule has 2 heterocycles. The third-order valence-electron chi connectivity index (χ3n) is 4.61. The summed E-state index contributed by atoms with van der Waals surface area (Å²) in [7, 11) is 0. The molecule has 1 N–H and O–H groups in total. The molecule has 0 spiro atoms. The van der Waals surface area contributed by atoms with Gasteiger partial charge in [0.1, 0.15) is 26.4 Å². The molecule has 9 heteroatoms. The number of ether oxygens (including phenoxy) is 5. The van der Waals surface area contributed by atoms with Crippen LogP contribution >= 0.6 is 0 Å². The summed E-state index contributed by atoms with van der Waals surface area (Å²) in [4.78, 5) is 36.3. The van der Waals surface area contributed by atoms with E-state index in [0.29, 0.717) is 60.7 Å². The zero-order valence-electron chi connectivity index (χ0n) is 16.7. The number of hydrogen-bond acceptors (Lipinski definition) is 8. The van der Waals surface area contributed by atoms with Crippen LogP contribution in [0.3, 0.4) is 0 Å². The Labute approximate surface area is 178 Å². The molecule has 0 atom stereocenters. The highest BCUT2D eigenvalue weighted by molar-refractivity contribution is 5.98. The van der Waals surface area contributed by atoms with Crippen LogP contribution in [-0.2, 0) is 14.3 Å². The molecule has 2 aliphatic rings. The highest BCUT2D eigenvalue weighted by Crippen LogP contribution is 2.33. The molecule has 0 fully saturated rings. The van der Waals surface area contributed by atoms with Gasteiger partial charge in [0.2, 0.25) is 0 Å². The molecule has 2 aliphatic heterocycles. The van der Waals surface area contributed by atoms with Crippen LogP contribution in [0.25, 0.3) is 0 Å². The Kier molecular flexibility index (Phi) is 6.21. The number of hydrogen-bond donors (Lipinski definition) is 1. The molecular weight excluding hydrogens is 406 g/mol. The van der Waals surface area contributed by atoms with E-state index in [1.807, 2.05) is 0 Å². The van der Waals surface area contributed by atoms with Gasteiger partial charge in [-0.05, 0) is 30.3 Å². The molecule has 0 unspecified atom stereocenters. The molecular formula is C22H21NO8. The fraction of sp³-hybridized carbons (Fsp3) is 0.318. The standard InChI is InChI=1S/C22H21NO8/c24-16(14-1-4-17-19(11-14)29-9-7-27-17)3-6-22(26)31-13-21(25)23-15-2-5-18-20(12-15)30-10-8-28-18/h1-2,4-5,11-12H,3,6-10,13H2,(H,23,25). The highest BCUT2D eigenvalue weighted by Gasteiger charge is 2.17. The first-order chi connectivity index (χ1) is 15.1. The van der Waals surface area contributed by atoms with E-state index >= 15 is 0 Å². The van der Waals surface area contributed by atoms with Crippen LogP contribution in [0.15, 0.2) is 36.4 Å². The summed E-state index contributed by atoms with van der Waals surface area (Å²) in [6.07, 6.45) is -0.174. The molecule has 1 amide bonds. The van der Waals surface area contributed by atoms with Crippen molar-refractivity contribution < 1.29 is 38.1 Å². The first-order valence-corrected chi connectivity index (χ1v) is 9.86. The maximum absolute atomic E-state index is 12.3. The Morgan fingerprint density at radius 1 is 0.774 bits per heavy atom. The summed E-state index contributed by atoms with van der Waals surface area (Å²) in [6.45, 7) is 1.35. The van der Waals surface area contributed by atoms with Crippen LogP contribution in [0, 0.1) is 0 Å². The van der Waals surface area contributed by atoms with Gasteiger partial charge in [0.25, 0.3) is 5.91 Å². The van der Waals surface area contributed by atoms with Crippen molar-refractivity contribution in [1.29, 1.82) is 0 Å². The number of fused-ring (bicyclic) bond motifs is 2. The van der Waals surface area contributed by atoms with Crippen molar-refractivity contribution in [2.45, 2.75) is 12.8 Å². The van der Waals surface area contributed by atoms with Gasteiger partial charge in [-0.3, -0.25) is 14.4 Å². The first-order valence-electron chi connectivity index (χ1n) is 9.86. The maximum Gasteiger partial charge on any atom is 0.306 e. The number of nitrogens with one attached hydrogen (secondary N) is 1. The number of anilines is 1. The third kappa shape index (κ3) is 5.25. The molecule has 9 nitrogen and oxygen atoms in total. The molecule has 0 saturated heterocycles. The fourth-order valence-electron chi connectivity index (χ4n) is 3.11. The van der Waals surface area contributed by atoms with E-state index < -0.39 is 18.5 Å². The summed E-state index contributed by atoms with van der Waals surface area (Å²) in [5.74, 6) is 0.889. The monoisotopic (exact) mass is 427 g/mol. The van der Waals surface area contributed by atoms with E-state index in [-0.39, 0.29) is 18.6 Å². The average molecular weight is 427 g/mol. The lowest BCUT2D eigenvalue weighted by Crippen LogP contribution is -2.21. The van der Waals surface area contributed by atoms with E-state index in [9.17, 15) is 14.4 Å². The second kappa shape index (κ2) is 9.38. The molecule has 0 aliphatic carbocycles. The van der Waals surface area contributed by atoms with Crippen LogP contribution in [0.4, 0.5) is 5.69 Å². The average Bonchev–Trinajstić information content (AvgIpc) is 2.80. The van der Waals surface area contributed by atoms with Crippen LogP contribution in [0.1, 0.15) is 23.2 Å². The fourth-order valence-corrected chi connectivity index (χ4v) is 3.11. The Bertz CT molecular complexity index is 1000. The van der Waals surface area contributed by atoms with E-state index in [1.54, 1.807) is 36.4 Å². The number of Topliss-reactive ketones (excluding diaryl/α,β-unsaturated/α-hetero) is 1. The number of ketones is 1. The Balaban J connectivity index is 1.21. The summed E-state index contributed by atoms with van der Waals surface area (Å²) >= 11 is 0. The quantitative estimate of drug-likeness (QED) is 0.530. The van der Waals surface area contributed by atoms with Gasteiger partial charge in [-0.1, -0.05) is 0 Å². The summed E-state index contributed by atoms with van der Waals surface area (Å²) in [5, 5.41) is 2.62. The van der Waals surface area contributed by atoms with Crippen molar-refractivity contribution in [2.24, 2.45) is 0 Å². The Hall–Kier alpha value is -3.75. The van der Waals surface area contributed by atoms with Crippen LogP contribution < -0.4 is 24.3 Å². The van der Waals surface area contributed by atoms with Gasteiger partial charge in [-0.25, -0.2) is 0 Å². The van der Waals surface area contributed by atoms with Crippen LogP contribution in [0.5, 0.6) is 23.0 Å². The summed E-state index contributed by atoms with van der Waals surface area (Å²) < 4.78 is 26.7. The molecule has 0 radical (unpaired) electrons. The smallest absolute Gasteiger partial charge is 0.306 e. The number of benzene rings is 2. The van der Waals surface area contributed by atoms with Gasteiger partial charge < -0.3 is 29.0 Å². The largest absolute Gasteiger partial charge is 0.486 e. The summed E-state index contributed by atoms with van der Waals surface area (Å²) in [6, 6.07) is 9.90. The van der Waals surface area contributed by atoms with Crippen LogP contribution in [-0.4, -0.2) is 50.7 Å². The molecule has 0 aromatic heterocycles. The topological polar surface area (TPSA) is 109 Å². The Morgan fingerprint density at radius 3 is 2.10 bits per heavy atom. The van der Waals surface area contributed by atoms with E-state index in [2.05, 4.69) is 5.32 Å². The lowest BCUT2D eigenvalue weighted by Gasteiger charge is -2.19.